The molecule has 15 nitrogen and oxygen atoms in total. The molecule has 1 aromatic heterocycles. The fourth-order valence-electron chi connectivity index (χ4n) is 10.1. The molecule has 18 heteroatoms. The van der Waals surface area contributed by atoms with E-state index in [1.807, 2.05) is 23.1 Å². The van der Waals surface area contributed by atoms with Gasteiger partial charge in [-0.2, -0.15) is 0 Å². The van der Waals surface area contributed by atoms with E-state index < -0.39 is 30.3 Å². The Kier molecular flexibility index (Phi) is 12.3. The van der Waals surface area contributed by atoms with Gasteiger partial charge in [0.05, 0.1) is 24.2 Å². The zero-order chi connectivity index (χ0) is 44.7. The molecule has 342 valence electrons. The van der Waals surface area contributed by atoms with E-state index >= 15 is 0 Å². The number of amides is 5. The van der Waals surface area contributed by atoms with Gasteiger partial charge in [-0.15, -0.1) is 13.2 Å². The molecule has 1 aliphatic carbocycles. The van der Waals surface area contributed by atoms with Crippen LogP contribution >= 0.6 is 0 Å². The first-order valence-corrected chi connectivity index (χ1v) is 22.5. The van der Waals surface area contributed by atoms with Gasteiger partial charge in [0, 0.05) is 93.7 Å². The summed E-state index contributed by atoms with van der Waals surface area (Å²) in [5.41, 5.74) is 2.21. The number of nitrogens with one attached hydrogen (secondary N) is 3. The summed E-state index contributed by atoms with van der Waals surface area (Å²) in [7, 11) is 1.27. The van der Waals surface area contributed by atoms with Crippen LogP contribution < -0.4 is 15.4 Å². The Balaban J connectivity index is 0.895. The maximum atomic E-state index is 14.2. The largest absolute Gasteiger partial charge is 0.573 e. The Bertz CT molecular complexity index is 2390. The first-order valence-electron chi connectivity index (χ1n) is 22.5. The molecule has 9 rings (SSSR count). The van der Waals surface area contributed by atoms with Crippen molar-refractivity contribution in [1.29, 1.82) is 0 Å². The molecule has 0 bridgehead atoms. The maximum absolute atomic E-state index is 14.2. The molecule has 3 atom stereocenters. The quantitative estimate of drug-likeness (QED) is 0.163. The molecule has 5 aliphatic rings. The summed E-state index contributed by atoms with van der Waals surface area (Å²) in [4.78, 5) is 68.8. The van der Waals surface area contributed by atoms with Gasteiger partial charge in [-0.3, -0.25) is 14.5 Å². The Morgan fingerprint density at radius 1 is 0.891 bits per heavy atom. The lowest BCUT2D eigenvalue weighted by atomic mass is 9.90. The number of rotatable bonds is 9. The van der Waals surface area contributed by atoms with Crippen molar-refractivity contribution >= 4 is 51.4 Å². The van der Waals surface area contributed by atoms with Crippen LogP contribution in [0.4, 0.5) is 28.4 Å². The highest BCUT2D eigenvalue weighted by Crippen LogP contribution is 2.40. The Morgan fingerprint density at radius 2 is 1.64 bits per heavy atom. The van der Waals surface area contributed by atoms with Gasteiger partial charge in [-0.25, -0.2) is 14.6 Å². The molecule has 3 aromatic carbocycles. The van der Waals surface area contributed by atoms with E-state index in [0.717, 1.165) is 55.1 Å². The zero-order valence-corrected chi connectivity index (χ0v) is 36.1. The normalized spacial score (nSPS) is 22.2. The number of alkyl halides is 3. The molecule has 64 heavy (non-hydrogen) atoms. The first-order chi connectivity index (χ1) is 30.8. The number of anilines is 1. The fraction of sp³-hybridized carbons (Fsp3) is 0.543. The minimum Gasteiger partial charge on any atom is -0.453 e. The van der Waals surface area contributed by atoms with Crippen LogP contribution in [0.15, 0.2) is 48.5 Å². The molecule has 3 N–H and O–H groups in total. The highest BCUT2D eigenvalue weighted by Gasteiger charge is 2.43. The molecule has 4 aliphatic heterocycles. The standard InChI is InChI=1S/C46H55F3N8O7/c1-27-23-37(57(26-27)43(59)39(53-45(61)62-2)28-13-21-63-22-14-28)41-51-36-10-6-31-24-30(5-8-35(31)40(36)52-41)34-9-7-32(25-38(34)64-46(47,48)49)50-44(60)56-19-17-54(18-20-56)33-11-15-55(16-12-33)42(58)29-3-4-29/h5-10,24-25,27-29,33,37,39H,3-4,11-23,26H2,1-2H3,(H,50,60)(H,51,52)(H,53,61)/t27-,37-,39?/m0/s1. The third-order valence-corrected chi connectivity index (χ3v) is 13.6. The molecular formula is C46H55F3N8O7. The molecule has 1 unspecified atom stereocenters. The monoisotopic (exact) mass is 888 g/mol. The number of H-pyrrole nitrogens is 1. The number of piperidine rings is 1. The topological polar surface area (TPSA) is 162 Å². The van der Waals surface area contributed by atoms with Gasteiger partial charge in [0.1, 0.15) is 17.6 Å². The maximum Gasteiger partial charge on any atom is 0.573 e. The van der Waals surface area contributed by atoms with Crippen LogP contribution in [0.5, 0.6) is 5.75 Å². The van der Waals surface area contributed by atoms with Crippen LogP contribution in [-0.4, -0.2) is 138 Å². The van der Waals surface area contributed by atoms with Gasteiger partial charge < -0.3 is 44.5 Å². The van der Waals surface area contributed by atoms with E-state index in [4.69, 9.17) is 14.5 Å². The third kappa shape index (κ3) is 9.43. The summed E-state index contributed by atoms with van der Waals surface area (Å²) >= 11 is 0. The Hall–Kier alpha value is -5.62. The predicted molar refractivity (Wildman–Crippen MR) is 231 cm³/mol. The molecule has 5 fully saturated rings. The number of benzene rings is 3. The molecule has 4 aromatic rings. The van der Waals surface area contributed by atoms with Gasteiger partial charge in [0.15, 0.2) is 0 Å². The van der Waals surface area contributed by atoms with Crippen molar-refractivity contribution in [1.82, 2.24) is 34.9 Å². The van der Waals surface area contributed by atoms with Crippen molar-refractivity contribution in [3.05, 3.63) is 54.4 Å². The van der Waals surface area contributed by atoms with Crippen molar-refractivity contribution < 1.29 is 46.6 Å². The van der Waals surface area contributed by atoms with Gasteiger partial charge in [-0.05, 0) is 92.0 Å². The van der Waals surface area contributed by atoms with Crippen LogP contribution in [0.25, 0.3) is 32.9 Å². The lowest BCUT2D eigenvalue weighted by Crippen LogP contribution is -2.55. The molecule has 0 spiro atoms. The molecule has 4 saturated heterocycles. The highest BCUT2D eigenvalue weighted by atomic mass is 19.4. The van der Waals surface area contributed by atoms with Gasteiger partial charge in [-0.1, -0.05) is 25.1 Å². The van der Waals surface area contributed by atoms with E-state index in [2.05, 4.69) is 32.2 Å². The second-order valence-corrected chi connectivity index (χ2v) is 18.0. The predicted octanol–water partition coefficient (Wildman–Crippen LogP) is 6.89. The minimum atomic E-state index is -4.99. The van der Waals surface area contributed by atoms with E-state index in [1.165, 1.54) is 19.2 Å². The van der Waals surface area contributed by atoms with E-state index in [0.29, 0.717) is 88.1 Å². The lowest BCUT2D eigenvalue weighted by molar-refractivity contribution is -0.274. The number of carbonyl (C=O) groups is 4. The van der Waals surface area contributed by atoms with Gasteiger partial charge in [0.25, 0.3) is 0 Å². The Labute approximate surface area is 368 Å². The van der Waals surface area contributed by atoms with E-state index in [9.17, 15) is 32.3 Å². The number of aromatic amines is 1. The van der Waals surface area contributed by atoms with Crippen molar-refractivity contribution in [3.8, 4) is 16.9 Å². The highest BCUT2D eigenvalue weighted by molar-refractivity contribution is 6.05. The van der Waals surface area contributed by atoms with Gasteiger partial charge >= 0.3 is 18.5 Å². The average Bonchev–Trinajstić information content (AvgIpc) is 3.94. The van der Waals surface area contributed by atoms with Gasteiger partial charge in [0.2, 0.25) is 11.8 Å². The number of nitrogens with zero attached hydrogens (tertiary/aromatic N) is 5. The van der Waals surface area contributed by atoms with Crippen LogP contribution in [0.3, 0.4) is 0 Å². The SMILES string of the molecule is COC(=O)NC(C(=O)N1C[C@@H](C)C[C@H]1c1nc2c(ccc3cc(-c4ccc(NC(=O)N5CCN(C6CCN(C(=O)C7CC7)CC6)CC5)cc4OC(F)(F)F)ccc32)[nH]1)C1CCOCC1. The smallest absolute Gasteiger partial charge is 0.453 e. The number of alkyl carbamates (subject to hydrolysis) is 1. The number of likely N-dealkylation sites (tertiary alicyclic amines) is 2. The summed E-state index contributed by atoms with van der Waals surface area (Å²) < 4.78 is 56.6. The number of ether oxygens (including phenoxy) is 3. The third-order valence-electron chi connectivity index (χ3n) is 13.6. The number of methoxy groups -OCH3 is 1. The van der Waals surface area contributed by atoms with Crippen LogP contribution in [0.1, 0.15) is 63.7 Å². The van der Waals surface area contributed by atoms with E-state index in [1.54, 1.807) is 28.0 Å². The van der Waals surface area contributed by atoms with Crippen molar-refractivity contribution in [3.63, 3.8) is 0 Å². The lowest BCUT2D eigenvalue weighted by Gasteiger charge is -2.42. The minimum absolute atomic E-state index is 0.111. The number of hydrogen-bond acceptors (Lipinski definition) is 9. The van der Waals surface area contributed by atoms with Crippen LogP contribution in [0.2, 0.25) is 0 Å². The molecule has 1 saturated carbocycles. The van der Waals surface area contributed by atoms with Crippen molar-refractivity contribution in [2.24, 2.45) is 17.8 Å². The Morgan fingerprint density at radius 3 is 2.34 bits per heavy atom. The number of piperazine rings is 1. The van der Waals surface area contributed by atoms with Crippen LogP contribution in [-0.2, 0) is 19.1 Å². The van der Waals surface area contributed by atoms with Crippen molar-refractivity contribution in [2.45, 2.75) is 76.4 Å². The summed E-state index contributed by atoms with van der Waals surface area (Å²) in [6, 6.07) is 12.1. The molecule has 5 heterocycles. The first kappa shape index (κ1) is 43.6. The summed E-state index contributed by atoms with van der Waals surface area (Å²) in [5, 5.41) is 7.05. The fourth-order valence-corrected chi connectivity index (χ4v) is 10.1. The summed E-state index contributed by atoms with van der Waals surface area (Å²) in [6.45, 7) is 7.38. The van der Waals surface area contributed by atoms with E-state index in [-0.39, 0.29) is 46.9 Å². The molecular weight excluding hydrogens is 834 g/mol. The molecule has 0 radical (unpaired) electrons. The van der Waals surface area contributed by atoms with Crippen molar-refractivity contribution in [2.75, 3.05) is 71.5 Å². The number of imidazole rings is 1. The number of hydrogen-bond donors (Lipinski definition) is 3. The molecule has 5 amide bonds. The summed E-state index contributed by atoms with van der Waals surface area (Å²) in [6.07, 6.45) is 0.0649. The van der Waals surface area contributed by atoms with Crippen LogP contribution in [0, 0.1) is 17.8 Å². The average molecular weight is 889 g/mol. The second kappa shape index (κ2) is 18.1. The number of aromatic nitrogens is 2. The zero-order valence-electron chi connectivity index (χ0n) is 36.1. The number of halogens is 3. The number of carbonyl (C=O) groups excluding carboxylic acids is 4. The second-order valence-electron chi connectivity index (χ2n) is 18.0. The number of urea groups is 1. The number of fused-ring (bicyclic) bond motifs is 3. The summed E-state index contributed by atoms with van der Waals surface area (Å²) in [5.74, 6) is 0.512.